The molecule has 1 fully saturated rings. The summed E-state index contributed by atoms with van der Waals surface area (Å²) in [6.07, 6.45) is 6.20. The van der Waals surface area contributed by atoms with E-state index in [0.29, 0.717) is 23.5 Å². The fourth-order valence-corrected chi connectivity index (χ4v) is 3.87. The first-order chi connectivity index (χ1) is 10.2. The highest BCUT2D eigenvalue weighted by atomic mass is 79.9. The lowest BCUT2D eigenvalue weighted by Gasteiger charge is -2.25. The van der Waals surface area contributed by atoms with E-state index >= 15 is 0 Å². The summed E-state index contributed by atoms with van der Waals surface area (Å²) in [5.74, 6) is 1.64. The molecule has 0 atom stereocenters. The van der Waals surface area contributed by atoms with Gasteiger partial charge in [0.25, 0.3) is 0 Å². The smallest absolute Gasteiger partial charge is 0.230 e. The Balaban J connectivity index is 1.77. The summed E-state index contributed by atoms with van der Waals surface area (Å²) >= 11 is 6.87. The molecule has 2 aromatic rings. The molecule has 0 bridgehead atoms. The minimum atomic E-state index is 0.366. The van der Waals surface area contributed by atoms with Crippen LogP contribution in [0.15, 0.2) is 25.7 Å². The van der Waals surface area contributed by atoms with E-state index in [0.717, 1.165) is 40.5 Å². The number of pyridine rings is 1. The van der Waals surface area contributed by atoms with Gasteiger partial charge in [-0.05, 0) is 70.7 Å². The Labute approximate surface area is 140 Å². The van der Waals surface area contributed by atoms with Crippen molar-refractivity contribution in [2.24, 2.45) is 0 Å². The summed E-state index contributed by atoms with van der Waals surface area (Å²) in [5, 5.41) is 7.41. The highest BCUT2D eigenvalue weighted by molar-refractivity contribution is 9.11. The van der Waals surface area contributed by atoms with Crippen molar-refractivity contribution in [1.29, 1.82) is 0 Å². The number of rotatable bonds is 3. The van der Waals surface area contributed by atoms with Gasteiger partial charge < -0.3 is 9.84 Å². The number of nitrogens with one attached hydrogen (secondary N) is 1. The molecule has 0 amide bonds. The molecule has 0 aromatic carbocycles. The molecule has 1 N–H and O–H groups in total. The standard InChI is InChI=1S/C14H16Br2N4O/c1-17-10-4-2-8(3-5-10)14-19-13(20-21-14)12-11(16)6-9(15)7-18-12/h6-8,10,17H,2-5H2,1H3. The van der Waals surface area contributed by atoms with Crippen LogP contribution in [-0.4, -0.2) is 28.2 Å². The lowest BCUT2D eigenvalue weighted by Crippen LogP contribution is -2.29. The minimum absolute atomic E-state index is 0.366. The van der Waals surface area contributed by atoms with E-state index < -0.39 is 0 Å². The molecule has 0 radical (unpaired) electrons. The van der Waals surface area contributed by atoms with Crippen LogP contribution >= 0.6 is 31.9 Å². The van der Waals surface area contributed by atoms with E-state index in [-0.39, 0.29) is 0 Å². The number of hydrogen-bond acceptors (Lipinski definition) is 5. The third-order valence-corrected chi connectivity index (χ3v) is 4.98. The van der Waals surface area contributed by atoms with Gasteiger partial charge >= 0.3 is 0 Å². The third-order valence-electron chi connectivity index (χ3n) is 3.95. The van der Waals surface area contributed by atoms with Crippen LogP contribution in [0.1, 0.15) is 37.5 Å². The van der Waals surface area contributed by atoms with Crippen LogP contribution < -0.4 is 5.32 Å². The van der Waals surface area contributed by atoms with Gasteiger partial charge in [0.05, 0.1) is 0 Å². The van der Waals surface area contributed by atoms with Gasteiger partial charge in [0.2, 0.25) is 11.7 Å². The lowest BCUT2D eigenvalue weighted by atomic mass is 9.86. The van der Waals surface area contributed by atoms with Crippen LogP contribution in [0.2, 0.25) is 0 Å². The fraction of sp³-hybridized carbons (Fsp3) is 0.500. The zero-order chi connectivity index (χ0) is 14.8. The highest BCUT2D eigenvalue weighted by Crippen LogP contribution is 2.33. The molecule has 2 heterocycles. The second-order valence-corrected chi connectivity index (χ2v) is 7.05. The first-order valence-electron chi connectivity index (χ1n) is 6.99. The van der Waals surface area contributed by atoms with Gasteiger partial charge in [0, 0.05) is 27.1 Å². The highest BCUT2D eigenvalue weighted by Gasteiger charge is 2.26. The summed E-state index contributed by atoms with van der Waals surface area (Å²) < 4.78 is 7.22. The van der Waals surface area contributed by atoms with Gasteiger partial charge in [-0.3, -0.25) is 4.98 Å². The predicted molar refractivity (Wildman–Crippen MR) is 87.0 cm³/mol. The van der Waals surface area contributed by atoms with Gasteiger partial charge in [0.15, 0.2) is 0 Å². The first kappa shape index (κ1) is 15.1. The molecule has 1 aliphatic carbocycles. The van der Waals surface area contributed by atoms with E-state index in [2.05, 4.69) is 52.3 Å². The van der Waals surface area contributed by atoms with Crippen molar-refractivity contribution in [2.75, 3.05) is 7.05 Å². The van der Waals surface area contributed by atoms with E-state index in [1.807, 2.05) is 13.1 Å². The molecule has 112 valence electrons. The average molecular weight is 416 g/mol. The Morgan fingerprint density at radius 1 is 1.24 bits per heavy atom. The van der Waals surface area contributed by atoms with Gasteiger partial charge in [-0.15, -0.1) is 0 Å². The second-order valence-electron chi connectivity index (χ2n) is 5.28. The van der Waals surface area contributed by atoms with Gasteiger partial charge in [-0.1, -0.05) is 5.16 Å². The van der Waals surface area contributed by atoms with Gasteiger partial charge in [-0.2, -0.15) is 4.98 Å². The number of aromatic nitrogens is 3. The van der Waals surface area contributed by atoms with Crippen LogP contribution in [0.5, 0.6) is 0 Å². The number of hydrogen-bond donors (Lipinski definition) is 1. The molecule has 0 unspecified atom stereocenters. The lowest BCUT2D eigenvalue weighted by molar-refractivity contribution is 0.288. The Morgan fingerprint density at radius 3 is 2.67 bits per heavy atom. The average Bonchev–Trinajstić information content (AvgIpc) is 2.97. The minimum Gasteiger partial charge on any atom is -0.339 e. The van der Waals surface area contributed by atoms with Crippen molar-refractivity contribution in [3.8, 4) is 11.5 Å². The molecule has 0 aliphatic heterocycles. The van der Waals surface area contributed by atoms with Crippen LogP contribution in [0.4, 0.5) is 0 Å². The predicted octanol–water partition coefficient (Wildman–Crippen LogP) is 3.90. The summed E-state index contributed by atoms with van der Waals surface area (Å²) in [5.41, 5.74) is 0.706. The van der Waals surface area contributed by atoms with E-state index in [1.165, 1.54) is 0 Å². The molecule has 1 saturated carbocycles. The maximum absolute atomic E-state index is 5.46. The monoisotopic (exact) mass is 414 g/mol. The molecule has 3 rings (SSSR count). The Kier molecular flexibility index (Phi) is 4.71. The summed E-state index contributed by atoms with van der Waals surface area (Å²) in [6, 6.07) is 2.54. The van der Waals surface area contributed by atoms with Crippen LogP contribution in [0.3, 0.4) is 0 Å². The van der Waals surface area contributed by atoms with E-state index in [1.54, 1.807) is 6.20 Å². The number of nitrogens with zero attached hydrogens (tertiary/aromatic N) is 3. The van der Waals surface area contributed by atoms with Crippen molar-refractivity contribution < 1.29 is 4.52 Å². The van der Waals surface area contributed by atoms with Crippen molar-refractivity contribution in [1.82, 2.24) is 20.4 Å². The van der Waals surface area contributed by atoms with Crippen LogP contribution in [0.25, 0.3) is 11.5 Å². The second kappa shape index (κ2) is 6.54. The van der Waals surface area contributed by atoms with E-state index in [9.17, 15) is 0 Å². The van der Waals surface area contributed by atoms with Gasteiger partial charge in [0.1, 0.15) is 5.69 Å². The molecule has 21 heavy (non-hydrogen) atoms. The van der Waals surface area contributed by atoms with Crippen molar-refractivity contribution >= 4 is 31.9 Å². The van der Waals surface area contributed by atoms with Crippen LogP contribution in [0, 0.1) is 0 Å². The van der Waals surface area contributed by atoms with Crippen LogP contribution in [-0.2, 0) is 0 Å². The largest absolute Gasteiger partial charge is 0.339 e. The molecule has 7 heteroatoms. The molecular formula is C14H16Br2N4O. The molecule has 0 saturated heterocycles. The summed E-state index contributed by atoms with van der Waals surface area (Å²) in [6.45, 7) is 0. The SMILES string of the molecule is CNC1CCC(c2nc(-c3ncc(Br)cc3Br)no2)CC1. The van der Waals surface area contributed by atoms with Crippen molar-refractivity contribution in [3.05, 3.63) is 27.1 Å². The molecule has 5 nitrogen and oxygen atoms in total. The maximum Gasteiger partial charge on any atom is 0.230 e. The van der Waals surface area contributed by atoms with Crippen molar-refractivity contribution in [2.45, 2.75) is 37.6 Å². The quantitative estimate of drug-likeness (QED) is 0.823. The normalized spacial score (nSPS) is 22.4. The molecule has 0 spiro atoms. The summed E-state index contributed by atoms with van der Waals surface area (Å²) in [7, 11) is 2.02. The maximum atomic E-state index is 5.46. The van der Waals surface area contributed by atoms with Crippen molar-refractivity contribution in [3.63, 3.8) is 0 Å². The topological polar surface area (TPSA) is 63.8 Å². The first-order valence-corrected chi connectivity index (χ1v) is 8.58. The Morgan fingerprint density at radius 2 is 2.00 bits per heavy atom. The Bertz CT molecular complexity index is 623. The molecule has 1 aliphatic rings. The zero-order valence-corrected chi connectivity index (χ0v) is 14.8. The Hall–Kier alpha value is -0.790. The molecule has 2 aromatic heterocycles. The van der Waals surface area contributed by atoms with Gasteiger partial charge in [-0.25, -0.2) is 0 Å². The fourth-order valence-electron chi connectivity index (χ4n) is 2.71. The third kappa shape index (κ3) is 3.35. The van der Waals surface area contributed by atoms with E-state index in [4.69, 9.17) is 4.52 Å². The summed E-state index contributed by atoms with van der Waals surface area (Å²) in [4.78, 5) is 8.88. The molecular weight excluding hydrogens is 400 g/mol. The number of halogens is 2. The zero-order valence-electron chi connectivity index (χ0n) is 11.6.